The smallest absolute Gasteiger partial charge is 0.134 e. The van der Waals surface area contributed by atoms with Gasteiger partial charge >= 0.3 is 0 Å². The molecule has 4 heteroatoms. The van der Waals surface area contributed by atoms with E-state index in [1.165, 1.54) is 15.9 Å². The summed E-state index contributed by atoms with van der Waals surface area (Å²) in [6, 6.07) is 34.6. The molecule has 0 bridgehead atoms. The van der Waals surface area contributed by atoms with Crippen LogP contribution in [0.3, 0.4) is 0 Å². The van der Waals surface area contributed by atoms with Gasteiger partial charge in [0.2, 0.25) is 0 Å². The second-order valence-corrected chi connectivity index (χ2v) is 9.89. The van der Waals surface area contributed by atoms with Gasteiger partial charge in [0.05, 0.1) is 0 Å². The molecule has 0 saturated heterocycles. The monoisotopic (exact) mass is 437 g/mol. The van der Waals surface area contributed by atoms with Gasteiger partial charge < -0.3 is 21.5 Å². The molecule has 3 aromatic carbocycles. The molecular weight excluding hydrogens is 417 g/mol. The Morgan fingerprint density at radius 3 is 1.44 bits per heavy atom. The van der Waals surface area contributed by atoms with Gasteiger partial charge in [-0.1, -0.05) is 59.8 Å². The average Bonchev–Trinajstić information content (AvgIpc) is 3.13. The molecule has 0 aliphatic heterocycles. The Balaban J connectivity index is 0.00000210. The minimum absolute atomic E-state index is 0. The average molecular weight is 438 g/mol. The van der Waals surface area contributed by atoms with Crippen LogP contribution in [0.25, 0.3) is 0 Å². The Morgan fingerprint density at radius 1 is 0.704 bits per heavy atom. The van der Waals surface area contributed by atoms with E-state index in [0.717, 1.165) is 17.6 Å². The molecular formula is C23H21BrNOP. The standard InChI is InChI=1S/C23H21NOP.BrH/c1-19-17-20(24-25-19)18-26(21-11-5-2-6-12-21,22-13-7-3-8-14-22)23-15-9-4-10-16-23;/h2-17H,18H2,1H3;1H/q+1;/p-1. The van der Waals surface area contributed by atoms with Crippen LogP contribution >= 0.6 is 7.26 Å². The number of nitrogens with zero attached hydrogens (tertiary/aromatic N) is 1. The number of hydrogen-bond acceptors (Lipinski definition) is 2. The van der Waals surface area contributed by atoms with Crippen LogP contribution < -0.4 is 32.9 Å². The summed E-state index contributed by atoms with van der Waals surface area (Å²) >= 11 is 0. The van der Waals surface area contributed by atoms with Crippen molar-refractivity contribution in [2.24, 2.45) is 0 Å². The van der Waals surface area contributed by atoms with Crippen LogP contribution in [0.4, 0.5) is 0 Å². The summed E-state index contributed by atoms with van der Waals surface area (Å²) in [5.41, 5.74) is 1.01. The van der Waals surface area contributed by atoms with Crippen molar-refractivity contribution in [1.29, 1.82) is 0 Å². The highest BCUT2D eigenvalue weighted by atomic mass is 79.9. The van der Waals surface area contributed by atoms with Crippen molar-refractivity contribution in [3.05, 3.63) is 109 Å². The number of aromatic nitrogens is 1. The fourth-order valence-electron chi connectivity index (χ4n) is 3.50. The Hall–Kier alpha value is -2.22. The zero-order valence-corrected chi connectivity index (χ0v) is 17.6. The summed E-state index contributed by atoms with van der Waals surface area (Å²) in [7, 11) is -1.88. The molecule has 136 valence electrons. The number of hydrogen-bond donors (Lipinski definition) is 0. The van der Waals surface area contributed by atoms with Crippen LogP contribution in [0.5, 0.6) is 0 Å². The van der Waals surface area contributed by atoms with Crippen LogP contribution in [0.1, 0.15) is 11.5 Å². The molecule has 4 aromatic rings. The molecule has 0 aliphatic rings. The minimum Gasteiger partial charge on any atom is -1.00 e. The summed E-state index contributed by atoms with van der Waals surface area (Å²) in [5, 5.41) is 8.41. The van der Waals surface area contributed by atoms with Gasteiger partial charge in [-0.05, 0) is 43.3 Å². The van der Waals surface area contributed by atoms with Crippen molar-refractivity contribution in [2.45, 2.75) is 13.1 Å². The third-order valence-electron chi connectivity index (χ3n) is 4.67. The van der Waals surface area contributed by atoms with Crippen molar-refractivity contribution in [3.63, 3.8) is 0 Å². The fraction of sp³-hybridized carbons (Fsp3) is 0.0870. The summed E-state index contributed by atoms with van der Waals surface area (Å²) in [4.78, 5) is 0. The largest absolute Gasteiger partial charge is 1.00 e. The number of rotatable bonds is 5. The quantitative estimate of drug-likeness (QED) is 0.442. The van der Waals surface area contributed by atoms with Crippen molar-refractivity contribution < 1.29 is 21.5 Å². The minimum atomic E-state index is -1.88. The molecule has 0 atom stereocenters. The highest BCUT2D eigenvalue weighted by Gasteiger charge is 2.46. The topological polar surface area (TPSA) is 26.0 Å². The third kappa shape index (κ3) is 3.90. The zero-order chi connectivity index (χ0) is 17.8. The van der Waals surface area contributed by atoms with E-state index in [1.807, 2.05) is 6.92 Å². The molecule has 0 N–H and O–H groups in total. The lowest BCUT2D eigenvalue weighted by atomic mass is 10.3. The Bertz CT molecular complexity index is 874. The molecule has 27 heavy (non-hydrogen) atoms. The molecule has 1 aromatic heterocycles. The SMILES string of the molecule is Cc1cc(C[P+](c2ccccc2)(c2ccccc2)c2ccccc2)no1.[Br-]. The summed E-state index contributed by atoms with van der Waals surface area (Å²) in [6.45, 7) is 1.95. The van der Waals surface area contributed by atoms with Gasteiger partial charge in [0, 0.05) is 6.07 Å². The van der Waals surface area contributed by atoms with E-state index >= 15 is 0 Å². The summed E-state index contributed by atoms with van der Waals surface area (Å²) < 4.78 is 5.39. The van der Waals surface area contributed by atoms with Gasteiger partial charge in [-0.2, -0.15) is 0 Å². The lowest BCUT2D eigenvalue weighted by Crippen LogP contribution is -3.00. The molecule has 0 unspecified atom stereocenters. The Kier molecular flexibility index (Phi) is 6.26. The second-order valence-electron chi connectivity index (χ2n) is 6.40. The third-order valence-corrected chi connectivity index (χ3v) is 9.00. The summed E-state index contributed by atoms with van der Waals surface area (Å²) in [6.07, 6.45) is 0.850. The van der Waals surface area contributed by atoms with E-state index in [2.05, 4.69) is 102 Å². The predicted molar refractivity (Wildman–Crippen MR) is 110 cm³/mol. The molecule has 0 fully saturated rings. The molecule has 1 heterocycles. The first kappa shape index (κ1) is 19.5. The molecule has 4 rings (SSSR count). The number of benzene rings is 3. The van der Waals surface area contributed by atoms with Crippen LogP contribution in [0.15, 0.2) is 102 Å². The van der Waals surface area contributed by atoms with E-state index in [4.69, 9.17) is 4.52 Å². The van der Waals surface area contributed by atoms with E-state index in [-0.39, 0.29) is 17.0 Å². The van der Waals surface area contributed by atoms with E-state index in [1.54, 1.807) is 0 Å². The van der Waals surface area contributed by atoms with Crippen molar-refractivity contribution in [1.82, 2.24) is 5.16 Å². The molecule has 0 radical (unpaired) electrons. The zero-order valence-electron chi connectivity index (χ0n) is 15.1. The molecule has 0 saturated carbocycles. The maximum Gasteiger partial charge on any atom is 0.134 e. The van der Waals surface area contributed by atoms with Crippen LogP contribution in [0.2, 0.25) is 0 Å². The van der Waals surface area contributed by atoms with Gasteiger partial charge in [-0.15, -0.1) is 0 Å². The number of halogens is 1. The van der Waals surface area contributed by atoms with Crippen LogP contribution in [0, 0.1) is 6.92 Å². The molecule has 2 nitrogen and oxygen atoms in total. The molecule has 0 amide bonds. The highest BCUT2D eigenvalue weighted by Crippen LogP contribution is 2.57. The number of aryl methyl sites for hydroxylation is 1. The van der Waals surface area contributed by atoms with E-state index in [0.29, 0.717) is 0 Å². The highest BCUT2D eigenvalue weighted by molar-refractivity contribution is 7.95. The maximum absolute atomic E-state index is 5.39. The van der Waals surface area contributed by atoms with Gasteiger partial charge in [0.15, 0.2) is 0 Å². The lowest BCUT2D eigenvalue weighted by molar-refractivity contribution is -0.00000566. The van der Waals surface area contributed by atoms with Gasteiger partial charge in [0.25, 0.3) is 0 Å². The van der Waals surface area contributed by atoms with Gasteiger partial charge in [0.1, 0.15) is 40.8 Å². The van der Waals surface area contributed by atoms with Crippen molar-refractivity contribution in [2.75, 3.05) is 0 Å². The van der Waals surface area contributed by atoms with Crippen molar-refractivity contribution in [3.8, 4) is 0 Å². The molecule has 0 spiro atoms. The van der Waals surface area contributed by atoms with Crippen molar-refractivity contribution >= 4 is 23.2 Å². The van der Waals surface area contributed by atoms with Gasteiger partial charge in [-0.25, -0.2) is 0 Å². The van der Waals surface area contributed by atoms with Crippen LogP contribution in [-0.4, -0.2) is 5.16 Å². The normalized spacial score (nSPS) is 11.0. The van der Waals surface area contributed by atoms with E-state index in [9.17, 15) is 0 Å². The predicted octanol–water partition coefficient (Wildman–Crippen LogP) is 1.48. The second kappa shape index (κ2) is 8.65. The van der Waals surface area contributed by atoms with E-state index < -0.39 is 7.26 Å². The first-order valence-electron chi connectivity index (χ1n) is 8.76. The Labute approximate surface area is 171 Å². The molecule has 0 aliphatic carbocycles. The fourth-order valence-corrected chi connectivity index (χ4v) is 7.62. The van der Waals surface area contributed by atoms with Gasteiger partial charge in [-0.3, -0.25) is 0 Å². The first-order chi connectivity index (χ1) is 12.8. The maximum atomic E-state index is 5.39. The summed E-state index contributed by atoms with van der Waals surface area (Å²) in [5.74, 6) is 0.854. The lowest BCUT2D eigenvalue weighted by Gasteiger charge is -2.26. The van der Waals surface area contributed by atoms with Crippen LogP contribution in [-0.2, 0) is 6.16 Å². The Morgan fingerprint density at radius 2 is 1.11 bits per heavy atom. The first-order valence-corrected chi connectivity index (χ1v) is 10.7.